The standard InChI is InChI=1S/C19H27N3O/c1-4-22(5-2)15-16-9-10-17(19(12-16)23-3)13-20-14-18-8-6-7-11-21-18/h6-12,20H,4-5,13-15H2,1-3H3. The molecule has 1 aromatic heterocycles. The summed E-state index contributed by atoms with van der Waals surface area (Å²) in [7, 11) is 1.73. The van der Waals surface area contributed by atoms with Crippen LogP contribution in [0.3, 0.4) is 0 Å². The first-order chi connectivity index (χ1) is 11.3. The zero-order chi connectivity index (χ0) is 16.5. The van der Waals surface area contributed by atoms with Crippen LogP contribution in [0.4, 0.5) is 0 Å². The number of pyridine rings is 1. The summed E-state index contributed by atoms with van der Waals surface area (Å²) in [6.07, 6.45) is 1.82. The van der Waals surface area contributed by atoms with Crippen molar-refractivity contribution in [3.63, 3.8) is 0 Å². The normalized spacial score (nSPS) is 11.0. The highest BCUT2D eigenvalue weighted by Crippen LogP contribution is 2.21. The van der Waals surface area contributed by atoms with E-state index in [1.165, 1.54) is 11.1 Å². The zero-order valence-electron chi connectivity index (χ0n) is 14.4. The molecule has 0 saturated heterocycles. The van der Waals surface area contributed by atoms with Gasteiger partial charge in [-0.25, -0.2) is 0 Å². The van der Waals surface area contributed by atoms with E-state index in [1.54, 1.807) is 7.11 Å². The molecule has 0 unspecified atom stereocenters. The lowest BCUT2D eigenvalue weighted by molar-refractivity contribution is 0.295. The van der Waals surface area contributed by atoms with Crippen molar-refractivity contribution in [3.05, 3.63) is 59.4 Å². The number of benzene rings is 1. The molecule has 1 N–H and O–H groups in total. The van der Waals surface area contributed by atoms with Gasteiger partial charge in [-0.05, 0) is 36.9 Å². The van der Waals surface area contributed by atoms with Gasteiger partial charge in [-0.15, -0.1) is 0 Å². The van der Waals surface area contributed by atoms with Gasteiger partial charge in [-0.1, -0.05) is 32.0 Å². The number of hydrogen-bond donors (Lipinski definition) is 1. The lowest BCUT2D eigenvalue weighted by Crippen LogP contribution is -2.22. The second-order valence-corrected chi connectivity index (χ2v) is 5.53. The summed E-state index contributed by atoms with van der Waals surface area (Å²) in [4.78, 5) is 6.72. The Balaban J connectivity index is 1.96. The van der Waals surface area contributed by atoms with Crippen molar-refractivity contribution in [1.29, 1.82) is 0 Å². The summed E-state index contributed by atoms with van der Waals surface area (Å²) >= 11 is 0. The van der Waals surface area contributed by atoms with E-state index in [4.69, 9.17) is 4.74 Å². The van der Waals surface area contributed by atoms with Crippen LogP contribution in [-0.4, -0.2) is 30.1 Å². The van der Waals surface area contributed by atoms with Gasteiger partial charge in [0.1, 0.15) is 5.75 Å². The Labute approximate surface area is 139 Å². The number of ether oxygens (including phenoxy) is 1. The van der Waals surface area contributed by atoms with Gasteiger partial charge < -0.3 is 10.1 Å². The van der Waals surface area contributed by atoms with Gasteiger partial charge >= 0.3 is 0 Å². The summed E-state index contributed by atoms with van der Waals surface area (Å²) in [5.41, 5.74) is 3.51. The van der Waals surface area contributed by atoms with Crippen LogP contribution in [0, 0.1) is 0 Å². The van der Waals surface area contributed by atoms with Gasteiger partial charge in [0.15, 0.2) is 0 Å². The van der Waals surface area contributed by atoms with Crippen molar-refractivity contribution >= 4 is 0 Å². The molecule has 4 heteroatoms. The quantitative estimate of drug-likeness (QED) is 0.771. The summed E-state index contributed by atoms with van der Waals surface area (Å²) in [5, 5.41) is 3.42. The van der Waals surface area contributed by atoms with E-state index in [1.807, 2.05) is 24.4 Å². The predicted octanol–water partition coefficient (Wildman–Crippen LogP) is 3.22. The van der Waals surface area contributed by atoms with Crippen LogP contribution in [0.2, 0.25) is 0 Å². The molecular formula is C19H27N3O. The molecule has 0 atom stereocenters. The lowest BCUT2D eigenvalue weighted by atomic mass is 10.1. The van der Waals surface area contributed by atoms with E-state index in [-0.39, 0.29) is 0 Å². The van der Waals surface area contributed by atoms with Crippen molar-refractivity contribution in [2.45, 2.75) is 33.5 Å². The first kappa shape index (κ1) is 17.4. The Hall–Kier alpha value is -1.91. The SMILES string of the molecule is CCN(CC)Cc1ccc(CNCc2ccccn2)c(OC)c1. The van der Waals surface area contributed by atoms with Crippen LogP contribution in [-0.2, 0) is 19.6 Å². The molecule has 0 aliphatic rings. The minimum Gasteiger partial charge on any atom is -0.496 e. The van der Waals surface area contributed by atoms with Gasteiger partial charge in [0.2, 0.25) is 0 Å². The topological polar surface area (TPSA) is 37.4 Å². The highest BCUT2D eigenvalue weighted by molar-refractivity contribution is 5.37. The van der Waals surface area contributed by atoms with Gasteiger partial charge in [0.25, 0.3) is 0 Å². The molecule has 0 bridgehead atoms. The number of nitrogens with one attached hydrogen (secondary N) is 1. The zero-order valence-corrected chi connectivity index (χ0v) is 14.4. The van der Waals surface area contributed by atoms with Crippen LogP contribution < -0.4 is 10.1 Å². The number of aromatic nitrogens is 1. The summed E-state index contributed by atoms with van der Waals surface area (Å²) < 4.78 is 5.56. The molecule has 1 aromatic carbocycles. The third-order valence-electron chi connectivity index (χ3n) is 4.00. The van der Waals surface area contributed by atoms with Crippen LogP contribution in [0.25, 0.3) is 0 Å². The minimum absolute atomic E-state index is 0.755. The fourth-order valence-corrected chi connectivity index (χ4v) is 2.57. The Morgan fingerprint density at radius 2 is 1.91 bits per heavy atom. The van der Waals surface area contributed by atoms with E-state index in [0.29, 0.717) is 0 Å². The first-order valence-corrected chi connectivity index (χ1v) is 8.25. The van der Waals surface area contributed by atoms with Gasteiger partial charge in [0.05, 0.1) is 12.8 Å². The molecule has 2 aromatic rings. The molecular weight excluding hydrogens is 286 g/mol. The third-order valence-corrected chi connectivity index (χ3v) is 4.00. The molecule has 0 radical (unpaired) electrons. The highest BCUT2D eigenvalue weighted by atomic mass is 16.5. The van der Waals surface area contributed by atoms with Gasteiger partial charge in [-0.2, -0.15) is 0 Å². The average Bonchev–Trinajstić information content (AvgIpc) is 2.61. The Morgan fingerprint density at radius 3 is 2.57 bits per heavy atom. The van der Waals surface area contributed by atoms with E-state index in [0.717, 1.165) is 44.2 Å². The Morgan fingerprint density at radius 1 is 1.09 bits per heavy atom. The van der Waals surface area contributed by atoms with Crippen LogP contribution in [0.5, 0.6) is 5.75 Å². The second-order valence-electron chi connectivity index (χ2n) is 5.53. The molecule has 4 nitrogen and oxygen atoms in total. The van der Waals surface area contributed by atoms with Gasteiger partial charge in [0, 0.05) is 31.4 Å². The lowest BCUT2D eigenvalue weighted by Gasteiger charge is -2.19. The van der Waals surface area contributed by atoms with Crippen molar-refractivity contribution in [2.75, 3.05) is 20.2 Å². The van der Waals surface area contributed by atoms with Crippen molar-refractivity contribution < 1.29 is 4.74 Å². The maximum atomic E-state index is 5.56. The fourth-order valence-electron chi connectivity index (χ4n) is 2.57. The summed E-state index contributed by atoms with van der Waals surface area (Å²) in [5.74, 6) is 0.947. The van der Waals surface area contributed by atoms with Crippen molar-refractivity contribution in [1.82, 2.24) is 15.2 Å². The number of hydrogen-bond acceptors (Lipinski definition) is 4. The van der Waals surface area contributed by atoms with Crippen molar-refractivity contribution in [2.24, 2.45) is 0 Å². The molecule has 23 heavy (non-hydrogen) atoms. The van der Waals surface area contributed by atoms with E-state index in [9.17, 15) is 0 Å². The molecule has 0 fully saturated rings. The van der Waals surface area contributed by atoms with E-state index < -0.39 is 0 Å². The monoisotopic (exact) mass is 313 g/mol. The van der Waals surface area contributed by atoms with Crippen LogP contribution >= 0.6 is 0 Å². The molecule has 0 amide bonds. The number of methoxy groups -OCH3 is 1. The maximum Gasteiger partial charge on any atom is 0.123 e. The van der Waals surface area contributed by atoms with Crippen molar-refractivity contribution in [3.8, 4) is 5.75 Å². The highest BCUT2D eigenvalue weighted by Gasteiger charge is 2.07. The third kappa shape index (κ3) is 5.34. The van der Waals surface area contributed by atoms with Gasteiger partial charge in [-0.3, -0.25) is 9.88 Å². The smallest absolute Gasteiger partial charge is 0.123 e. The molecule has 0 aliphatic heterocycles. The van der Waals surface area contributed by atoms with Crippen LogP contribution in [0.15, 0.2) is 42.6 Å². The molecule has 0 saturated carbocycles. The average molecular weight is 313 g/mol. The molecule has 1 heterocycles. The van der Waals surface area contributed by atoms with E-state index >= 15 is 0 Å². The number of rotatable bonds is 9. The molecule has 0 aliphatic carbocycles. The maximum absolute atomic E-state index is 5.56. The Bertz CT molecular complexity index is 582. The fraction of sp³-hybridized carbons (Fsp3) is 0.421. The summed E-state index contributed by atoms with van der Waals surface area (Å²) in [6, 6.07) is 12.5. The first-order valence-electron chi connectivity index (χ1n) is 8.25. The minimum atomic E-state index is 0.755. The number of nitrogens with zero attached hydrogens (tertiary/aromatic N) is 2. The second kappa shape index (κ2) is 9.28. The molecule has 2 rings (SSSR count). The summed E-state index contributed by atoms with van der Waals surface area (Å²) in [6.45, 7) is 8.99. The Kier molecular flexibility index (Phi) is 7.04. The van der Waals surface area contributed by atoms with Crippen LogP contribution in [0.1, 0.15) is 30.7 Å². The molecule has 124 valence electrons. The molecule has 0 spiro atoms. The largest absolute Gasteiger partial charge is 0.496 e. The predicted molar refractivity (Wildman–Crippen MR) is 94.4 cm³/mol. The van der Waals surface area contributed by atoms with E-state index in [2.05, 4.69) is 47.2 Å².